The van der Waals surface area contributed by atoms with E-state index in [9.17, 15) is 9.59 Å². The van der Waals surface area contributed by atoms with E-state index >= 15 is 0 Å². The van der Waals surface area contributed by atoms with Gasteiger partial charge in [0.1, 0.15) is 0 Å². The molecule has 8 heteroatoms. The molecule has 4 N–H and O–H groups in total. The van der Waals surface area contributed by atoms with Gasteiger partial charge in [-0.25, -0.2) is 4.98 Å². The fourth-order valence-corrected chi connectivity index (χ4v) is 5.27. The number of anilines is 2. The number of carbonyl (C=O) groups excluding carboxylic acids is 2. The van der Waals surface area contributed by atoms with E-state index in [-0.39, 0.29) is 11.6 Å². The Kier molecular flexibility index (Phi) is 6.24. The topological polar surface area (TPSA) is 113 Å². The highest BCUT2D eigenvalue weighted by Crippen LogP contribution is 2.39. The predicted molar refractivity (Wildman–Crippen MR) is 154 cm³/mol. The number of nitrogens with two attached hydrogens (primary N) is 1. The lowest BCUT2D eigenvalue weighted by atomic mass is 9.95. The van der Waals surface area contributed by atoms with Crippen LogP contribution < -0.4 is 16.0 Å². The zero-order chi connectivity index (χ0) is 27.1. The molecule has 1 fully saturated rings. The molecule has 0 aliphatic carbocycles. The zero-order valence-electron chi connectivity index (χ0n) is 21.9. The van der Waals surface area contributed by atoms with Crippen molar-refractivity contribution in [3.63, 3.8) is 0 Å². The highest BCUT2D eigenvalue weighted by atomic mass is 16.5. The Morgan fingerprint density at radius 2 is 1.77 bits per heavy atom. The van der Waals surface area contributed by atoms with Crippen LogP contribution in [0.15, 0.2) is 66.9 Å². The van der Waals surface area contributed by atoms with Gasteiger partial charge in [0.05, 0.1) is 18.7 Å². The highest BCUT2D eigenvalue weighted by molar-refractivity contribution is 6.19. The van der Waals surface area contributed by atoms with Crippen LogP contribution >= 0.6 is 0 Å². The summed E-state index contributed by atoms with van der Waals surface area (Å²) < 4.78 is 5.53. The maximum absolute atomic E-state index is 13.0. The van der Waals surface area contributed by atoms with Gasteiger partial charge in [-0.15, -0.1) is 0 Å². The van der Waals surface area contributed by atoms with Crippen LogP contribution in [0.25, 0.3) is 32.9 Å². The summed E-state index contributed by atoms with van der Waals surface area (Å²) in [6.07, 6.45) is 1.70. The van der Waals surface area contributed by atoms with Gasteiger partial charge in [-0.2, -0.15) is 0 Å². The maximum atomic E-state index is 13.0. The van der Waals surface area contributed by atoms with Gasteiger partial charge in [0.25, 0.3) is 11.8 Å². The quantitative estimate of drug-likeness (QED) is 0.296. The zero-order valence-corrected chi connectivity index (χ0v) is 21.9. The summed E-state index contributed by atoms with van der Waals surface area (Å²) in [6, 6.07) is 19.5. The Morgan fingerprint density at radius 1 is 1.00 bits per heavy atom. The average molecular weight is 520 g/mol. The molecule has 0 saturated carbocycles. The molecule has 39 heavy (non-hydrogen) atoms. The van der Waals surface area contributed by atoms with Crippen LogP contribution in [-0.2, 0) is 4.74 Å². The number of nitrogens with one attached hydrogen (secondary N) is 2. The Balaban J connectivity index is 1.49. The van der Waals surface area contributed by atoms with Crippen molar-refractivity contribution >= 4 is 45.0 Å². The number of aromatic amines is 1. The van der Waals surface area contributed by atoms with E-state index < -0.39 is 5.91 Å². The number of pyridine rings is 1. The van der Waals surface area contributed by atoms with E-state index in [1.165, 1.54) is 0 Å². The number of nitrogens with zero attached hydrogens (tertiary/aromatic N) is 2. The number of amides is 2. The molecular weight excluding hydrogens is 490 g/mol. The first-order valence-corrected chi connectivity index (χ1v) is 13.0. The summed E-state index contributed by atoms with van der Waals surface area (Å²) in [5.74, 6) is -0.771. The van der Waals surface area contributed by atoms with Crippen LogP contribution in [0.3, 0.4) is 0 Å². The molecule has 0 unspecified atom stereocenters. The van der Waals surface area contributed by atoms with Gasteiger partial charge >= 0.3 is 0 Å². The fourth-order valence-electron chi connectivity index (χ4n) is 5.27. The predicted octanol–water partition coefficient (Wildman–Crippen LogP) is 5.19. The number of hydrogen-bond donors (Lipinski definition) is 3. The second kappa shape index (κ2) is 9.89. The Labute approximate surface area is 225 Å². The van der Waals surface area contributed by atoms with Crippen molar-refractivity contribution in [3.8, 4) is 11.1 Å². The van der Waals surface area contributed by atoms with Crippen molar-refractivity contribution in [2.45, 2.75) is 13.8 Å². The minimum Gasteiger partial charge on any atom is -0.378 e. The van der Waals surface area contributed by atoms with Gasteiger partial charge in [0.2, 0.25) is 0 Å². The number of H-pyrrole nitrogens is 1. The maximum Gasteiger partial charge on any atom is 0.269 e. The number of hydrogen-bond acceptors (Lipinski definition) is 5. The van der Waals surface area contributed by atoms with Crippen LogP contribution in [-0.4, -0.2) is 48.1 Å². The van der Waals surface area contributed by atoms with E-state index in [1.807, 2.05) is 62.4 Å². The first-order valence-electron chi connectivity index (χ1n) is 13.0. The number of benzene rings is 3. The molecule has 0 atom stereocenters. The first-order chi connectivity index (χ1) is 18.9. The molecule has 3 heterocycles. The van der Waals surface area contributed by atoms with Crippen LogP contribution in [0.4, 0.5) is 11.4 Å². The number of aromatic nitrogens is 2. The van der Waals surface area contributed by atoms with Gasteiger partial charge in [-0.05, 0) is 61.4 Å². The van der Waals surface area contributed by atoms with Gasteiger partial charge in [-0.1, -0.05) is 29.8 Å². The molecule has 5 aromatic rings. The fraction of sp³-hybridized carbons (Fsp3) is 0.194. The van der Waals surface area contributed by atoms with Gasteiger partial charge in [-0.3, -0.25) is 9.59 Å². The SMILES string of the molecule is Cc1ccc(C(=O)Nc2cccc(-c3cnc(C(N)=O)c4[nH]c5ccc(N6CCOCC6)cc5c34)c2C)cc1. The smallest absolute Gasteiger partial charge is 0.269 e. The molecule has 0 bridgehead atoms. The summed E-state index contributed by atoms with van der Waals surface area (Å²) in [4.78, 5) is 35.4. The van der Waals surface area contributed by atoms with Gasteiger partial charge in [0, 0.05) is 58.1 Å². The van der Waals surface area contributed by atoms with Crippen molar-refractivity contribution in [1.82, 2.24) is 9.97 Å². The average Bonchev–Trinajstić information content (AvgIpc) is 3.33. The standard InChI is InChI=1S/C31H29N5O3/c1-18-6-8-20(9-7-18)31(38)35-25-5-3-4-22(19(25)2)24-17-33-29(30(32)37)28-27(24)23-16-21(10-11-26(23)34-28)36-12-14-39-15-13-36/h3-11,16-17,34H,12-15H2,1-2H3,(H2,32,37)(H,35,38). The Morgan fingerprint density at radius 3 is 2.51 bits per heavy atom. The minimum atomic E-state index is -0.595. The van der Waals surface area contributed by atoms with E-state index in [0.717, 1.165) is 57.3 Å². The molecule has 6 rings (SSSR count). The summed E-state index contributed by atoms with van der Waals surface area (Å²) in [6.45, 7) is 6.97. The molecule has 2 amide bonds. The Bertz CT molecular complexity index is 1730. The molecule has 2 aromatic heterocycles. The molecule has 1 aliphatic rings. The van der Waals surface area contributed by atoms with Crippen LogP contribution in [0.1, 0.15) is 32.0 Å². The summed E-state index contributed by atoms with van der Waals surface area (Å²) >= 11 is 0. The lowest BCUT2D eigenvalue weighted by Gasteiger charge is -2.28. The third-order valence-electron chi connectivity index (χ3n) is 7.41. The second-order valence-electron chi connectivity index (χ2n) is 9.89. The molecule has 3 aromatic carbocycles. The number of aryl methyl sites for hydroxylation is 1. The number of carbonyl (C=O) groups is 2. The summed E-state index contributed by atoms with van der Waals surface area (Å²) in [5, 5.41) is 4.90. The van der Waals surface area contributed by atoms with E-state index in [2.05, 4.69) is 32.3 Å². The lowest BCUT2D eigenvalue weighted by Crippen LogP contribution is -2.36. The number of ether oxygens (including phenoxy) is 1. The normalized spacial score (nSPS) is 13.6. The van der Waals surface area contributed by atoms with E-state index in [0.29, 0.717) is 30.0 Å². The number of primary amides is 1. The summed E-state index contributed by atoms with van der Waals surface area (Å²) in [7, 11) is 0. The monoisotopic (exact) mass is 519 g/mol. The molecule has 1 aliphatic heterocycles. The molecule has 0 spiro atoms. The van der Waals surface area contributed by atoms with E-state index in [4.69, 9.17) is 10.5 Å². The first kappa shape index (κ1) is 24.6. The van der Waals surface area contributed by atoms with E-state index in [1.54, 1.807) is 6.20 Å². The molecule has 196 valence electrons. The summed E-state index contributed by atoms with van der Waals surface area (Å²) in [5.41, 5.74) is 13.5. The number of rotatable bonds is 5. The third kappa shape index (κ3) is 4.49. The van der Waals surface area contributed by atoms with Crippen molar-refractivity contribution in [2.75, 3.05) is 36.5 Å². The number of fused-ring (bicyclic) bond motifs is 3. The minimum absolute atomic E-state index is 0.176. The van der Waals surface area contributed by atoms with Crippen LogP contribution in [0, 0.1) is 13.8 Å². The van der Waals surface area contributed by atoms with Crippen molar-refractivity contribution in [2.24, 2.45) is 5.73 Å². The molecule has 8 nitrogen and oxygen atoms in total. The van der Waals surface area contributed by atoms with Crippen molar-refractivity contribution < 1.29 is 14.3 Å². The largest absolute Gasteiger partial charge is 0.378 e. The third-order valence-corrected chi connectivity index (χ3v) is 7.41. The highest BCUT2D eigenvalue weighted by Gasteiger charge is 2.21. The van der Waals surface area contributed by atoms with Gasteiger partial charge < -0.3 is 25.7 Å². The molecule has 0 radical (unpaired) electrons. The second-order valence-corrected chi connectivity index (χ2v) is 9.89. The number of morpholine rings is 1. The van der Waals surface area contributed by atoms with Crippen LogP contribution in [0.2, 0.25) is 0 Å². The van der Waals surface area contributed by atoms with Crippen molar-refractivity contribution in [3.05, 3.63) is 89.2 Å². The molecule has 1 saturated heterocycles. The molecular formula is C31H29N5O3. The van der Waals surface area contributed by atoms with Crippen LogP contribution in [0.5, 0.6) is 0 Å². The van der Waals surface area contributed by atoms with Crippen molar-refractivity contribution in [1.29, 1.82) is 0 Å². The van der Waals surface area contributed by atoms with Gasteiger partial charge in [0.15, 0.2) is 5.69 Å². The Hall–Kier alpha value is -4.69. The lowest BCUT2D eigenvalue weighted by molar-refractivity contribution is 0.0994.